The van der Waals surface area contributed by atoms with Gasteiger partial charge in [-0.1, -0.05) is 6.07 Å². The summed E-state index contributed by atoms with van der Waals surface area (Å²) in [5.41, 5.74) is 1.36. The monoisotopic (exact) mass is 254 g/mol. The standard InChI is InChI=1S/C14H10N2O3/c1-9-2-4-11(14(17)18)12(6-9)19-13-5-3-10(7-15)8-16-13/h2-6,8H,1H3,(H,17,18). The molecule has 1 aromatic carbocycles. The third kappa shape index (κ3) is 2.87. The lowest BCUT2D eigenvalue weighted by Gasteiger charge is -2.08. The van der Waals surface area contributed by atoms with E-state index in [-0.39, 0.29) is 17.2 Å². The summed E-state index contributed by atoms with van der Waals surface area (Å²) in [5, 5.41) is 17.7. The Balaban J connectivity index is 2.34. The van der Waals surface area contributed by atoms with E-state index >= 15 is 0 Å². The summed E-state index contributed by atoms with van der Waals surface area (Å²) in [6.07, 6.45) is 1.37. The Labute approximate surface area is 109 Å². The van der Waals surface area contributed by atoms with Gasteiger partial charge in [-0.25, -0.2) is 9.78 Å². The van der Waals surface area contributed by atoms with Crippen LogP contribution in [0.4, 0.5) is 0 Å². The molecule has 0 bridgehead atoms. The third-order valence-corrected chi connectivity index (χ3v) is 2.45. The highest BCUT2D eigenvalue weighted by atomic mass is 16.5. The van der Waals surface area contributed by atoms with Crippen LogP contribution in [-0.2, 0) is 0 Å². The number of aromatic nitrogens is 1. The van der Waals surface area contributed by atoms with Crippen molar-refractivity contribution in [3.05, 3.63) is 53.2 Å². The molecule has 0 radical (unpaired) electrons. The zero-order valence-electron chi connectivity index (χ0n) is 10.1. The molecule has 0 aliphatic carbocycles. The second-order valence-electron chi connectivity index (χ2n) is 3.90. The van der Waals surface area contributed by atoms with E-state index in [4.69, 9.17) is 15.1 Å². The van der Waals surface area contributed by atoms with Crippen LogP contribution in [0.3, 0.4) is 0 Å². The minimum atomic E-state index is -1.07. The number of rotatable bonds is 3. The SMILES string of the molecule is Cc1ccc(C(=O)O)c(Oc2ccc(C#N)cn2)c1. The first-order valence-corrected chi connectivity index (χ1v) is 5.48. The summed E-state index contributed by atoms with van der Waals surface area (Å²) >= 11 is 0. The van der Waals surface area contributed by atoms with Crippen LogP contribution in [0.15, 0.2) is 36.5 Å². The number of carboxylic acid groups (broad SMARTS) is 1. The van der Waals surface area contributed by atoms with E-state index in [1.54, 1.807) is 18.2 Å². The summed E-state index contributed by atoms with van der Waals surface area (Å²) < 4.78 is 5.45. The maximum absolute atomic E-state index is 11.1. The lowest BCUT2D eigenvalue weighted by atomic mass is 10.1. The second kappa shape index (κ2) is 5.19. The topological polar surface area (TPSA) is 83.2 Å². The summed E-state index contributed by atoms with van der Waals surface area (Å²) in [7, 11) is 0. The van der Waals surface area contributed by atoms with E-state index in [0.29, 0.717) is 5.56 Å². The number of aryl methyl sites for hydroxylation is 1. The van der Waals surface area contributed by atoms with Gasteiger partial charge in [0.1, 0.15) is 17.4 Å². The first-order chi connectivity index (χ1) is 9.10. The van der Waals surface area contributed by atoms with E-state index in [2.05, 4.69) is 4.98 Å². The van der Waals surface area contributed by atoms with E-state index in [1.165, 1.54) is 18.3 Å². The average Bonchev–Trinajstić information content (AvgIpc) is 2.39. The van der Waals surface area contributed by atoms with E-state index in [0.717, 1.165) is 5.56 Å². The molecule has 2 rings (SSSR count). The quantitative estimate of drug-likeness (QED) is 0.910. The smallest absolute Gasteiger partial charge is 0.339 e. The van der Waals surface area contributed by atoms with Crippen molar-refractivity contribution in [3.8, 4) is 17.7 Å². The molecule has 19 heavy (non-hydrogen) atoms. The number of nitrogens with zero attached hydrogens (tertiary/aromatic N) is 2. The molecule has 0 aliphatic heterocycles. The van der Waals surface area contributed by atoms with Gasteiger partial charge in [0.2, 0.25) is 5.88 Å². The van der Waals surface area contributed by atoms with Gasteiger partial charge < -0.3 is 9.84 Å². The Morgan fingerprint density at radius 2 is 2.16 bits per heavy atom. The molecule has 94 valence electrons. The van der Waals surface area contributed by atoms with Gasteiger partial charge in [0.05, 0.1) is 5.56 Å². The minimum absolute atomic E-state index is 0.0664. The highest BCUT2D eigenvalue weighted by molar-refractivity contribution is 5.91. The van der Waals surface area contributed by atoms with Gasteiger partial charge in [-0.2, -0.15) is 5.26 Å². The molecule has 0 spiro atoms. The van der Waals surface area contributed by atoms with Crippen molar-refractivity contribution in [2.75, 3.05) is 0 Å². The van der Waals surface area contributed by atoms with Crippen LogP contribution in [0.1, 0.15) is 21.5 Å². The number of hydrogen-bond donors (Lipinski definition) is 1. The highest BCUT2D eigenvalue weighted by Crippen LogP contribution is 2.25. The predicted octanol–water partition coefficient (Wildman–Crippen LogP) is 2.75. The number of pyridine rings is 1. The summed E-state index contributed by atoms with van der Waals surface area (Å²) in [4.78, 5) is 15.0. The Bertz CT molecular complexity index is 657. The molecule has 2 aromatic rings. The van der Waals surface area contributed by atoms with Crippen molar-refractivity contribution in [2.24, 2.45) is 0 Å². The summed E-state index contributed by atoms with van der Waals surface area (Å²) in [6, 6.07) is 9.83. The van der Waals surface area contributed by atoms with Gasteiger partial charge in [-0.15, -0.1) is 0 Å². The first kappa shape index (κ1) is 12.6. The first-order valence-electron chi connectivity index (χ1n) is 5.48. The number of benzene rings is 1. The largest absolute Gasteiger partial charge is 0.478 e. The molecule has 1 heterocycles. The van der Waals surface area contributed by atoms with Gasteiger partial charge in [-0.05, 0) is 30.7 Å². The number of nitriles is 1. The van der Waals surface area contributed by atoms with Gasteiger partial charge in [0.25, 0.3) is 0 Å². The zero-order valence-corrected chi connectivity index (χ0v) is 10.1. The minimum Gasteiger partial charge on any atom is -0.478 e. The summed E-state index contributed by atoms with van der Waals surface area (Å²) in [5.74, 6) is -0.597. The number of carboxylic acids is 1. The number of hydrogen-bond acceptors (Lipinski definition) is 4. The zero-order chi connectivity index (χ0) is 13.8. The molecule has 0 saturated carbocycles. The van der Waals surface area contributed by atoms with Crippen molar-refractivity contribution in [1.29, 1.82) is 5.26 Å². The molecule has 0 unspecified atom stereocenters. The van der Waals surface area contributed by atoms with Gasteiger partial charge in [-0.3, -0.25) is 0 Å². The number of aromatic carboxylic acids is 1. The van der Waals surface area contributed by atoms with Crippen LogP contribution in [0, 0.1) is 18.3 Å². The molecule has 1 N–H and O–H groups in total. The highest BCUT2D eigenvalue weighted by Gasteiger charge is 2.12. The normalized spacial score (nSPS) is 9.68. The lowest BCUT2D eigenvalue weighted by Crippen LogP contribution is -2.01. The molecule has 0 amide bonds. The van der Waals surface area contributed by atoms with Crippen molar-refractivity contribution >= 4 is 5.97 Å². The van der Waals surface area contributed by atoms with Crippen molar-refractivity contribution in [1.82, 2.24) is 4.98 Å². The van der Waals surface area contributed by atoms with Crippen molar-refractivity contribution in [3.63, 3.8) is 0 Å². The number of ether oxygens (including phenoxy) is 1. The fourth-order valence-corrected chi connectivity index (χ4v) is 1.51. The lowest BCUT2D eigenvalue weighted by molar-refractivity contribution is 0.0694. The van der Waals surface area contributed by atoms with Crippen molar-refractivity contribution < 1.29 is 14.6 Å². The Hall–Kier alpha value is -2.87. The molecular weight excluding hydrogens is 244 g/mol. The van der Waals surface area contributed by atoms with Crippen LogP contribution >= 0.6 is 0 Å². The van der Waals surface area contributed by atoms with Gasteiger partial charge >= 0.3 is 5.97 Å². The fraction of sp³-hybridized carbons (Fsp3) is 0.0714. The fourth-order valence-electron chi connectivity index (χ4n) is 1.51. The van der Waals surface area contributed by atoms with E-state index in [1.807, 2.05) is 13.0 Å². The van der Waals surface area contributed by atoms with E-state index < -0.39 is 5.97 Å². The van der Waals surface area contributed by atoms with Crippen LogP contribution in [0.2, 0.25) is 0 Å². The van der Waals surface area contributed by atoms with Gasteiger partial charge in [0.15, 0.2) is 0 Å². The summed E-state index contributed by atoms with van der Waals surface area (Å²) in [6.45, 7) is 1.84. The molecule has 0 saturated heterocycles. The molecule has 5 heteroatoms. The molecular formula is C14H10N2O3. The van der Waals surface area contributed by atoms with Crippen LogP contribution in [0.25, 0.3) is 0 Å². The average molecular weight is 254 g/mol. The Morgan fingerprint density at radius 1 is 1.37 bits per heavy atom. The van der Waals surface area contributed by atoms with Crippen LogP contribution < -0.4 is 4.74 Å². The third-order valence-electron chi connectivity index (χ3n) is 2.45. The van der Waals surface area contributed by atoms with Crippen LogP contribution in [-0.4, -0.2) is 16.1 Å². The molecule has 0 fully saturated rings. The maximum Gasteiger partial charge on any atom is 0.339 e. The Morgan fingerprint density at radius 3 is 2.74 bits per heavy atom. The Kier molecular flexibility index (Phi) is 3.44. The molecule has 0 atom stereocenters. The molecule has 5 nitrogen and oxygen atoms in total. The number of carbonyl (C=O) groups is 1. The predicted molar refractivity (Wildman–Crippen MR) is 67.2 cm³/mol. The second-order valence-corrected chi connectivity index (χ2v) is 3.90. The van der Waals surface area contributed by atoms with Gasteiger partial charge in [0, 0.05) is 12.3 Å². The van der Waals surface area contributed by atoms with Crippen LogP contribution in [0.5, 0.6) is 11.6 Å². The maximum atomic E-state index is 11.1. The molecule has 0 aliphatic rings. The van der Waals surface area contributed by atoms with Crippen molar-refractivity contribution in [2.45, 2.75) is 6.92 Å². The van der Waals surface area contributed by atoms with E-state index in [9.17, 15) is 4.79 Å². The molecule has 1 aromatic heterocycles.